The van der Waals surface area contributed by atoms with E-state index in [9.17, 15) is 13.2 Å². The summed E-state index contributed by atoms with van der Waals surface area (Å²) in [6, 6.07) is 10.4. The molecule has 1 aliphatic rings. The standard InChI is InChI=1S/C32H44N6O5S/c1-21-10-11-22(30(39)34-24-17-23(31(2,3)4)18-25(29(24)42-8)36-44(9,40)41)16-26(21)43-28-12-14-33-27(35-28)19-38-15-13-32(5,20-38)37(6)7/h10-12,14,16-18,36H,13,15,19-20H2,1-9H3,(H,34,39). The van der Waals surface area contributed by atoms with Gasteiger partial charge in [0, 0.05) is 36.5 Å². The Morgan fingerprint density at radius 3 is 2.45 bits per heavy atom. The summed E-state index contributed by atoms with van der Waals surface area (Å²) in [5.41, 5.74) is 2.36. The molecule has 2 aromatic carbocycles. The van der Waals surface area contributed by atoms with Gasteiger partial charge in [0.25, 0.3) is 5.91 Å². The van der Waals surface area contributed by atoms with Gasteiger partial charge in [0.2, 0.25) is 15.9 Å². The van der Waals surface area contributed by atoms with E-state index < -0.39 is 15.9 Å². The highest BCUT2D eigenvalue weighted by atomic mass is 32.2. The van der Waals surface area contributed by atoms with Crippen molar-refractivity contribution in [2.45, 2.75) is 58.5 Å². The molecule has 0 radical (unpaired) electrons. The average molecular weight is 625 g/mol. The second-order valence-electron chi connectivity index (χ2n) is 12.9. The number of rotatable bonds is 10. The first kappa shape index (κ1) is 33.2. The Morgan fingerprint density at radius 2 is 1.84 bits per heavy atom. The largest absolute Gasteiger partial charge is 0.492 e. The van der Waals surface area contributed by atoms with Crippen molar-refractivity contribution in [2.24, 2.45) is 0 Å². The van der Waals surface area contributed by atoms with Crippen molar-refractivity contribution in [3.63, 3.8) is 0 Å². The summed E-state index contributed by atoms with van der Waals surface area (Å²) in [5, 5.41) is 2.90. The number of likely N-dealkylation sites (N-methyl/N-ethyl adjacent to an activating group) is 1. The predicted molar refractivity (Wildman–Crippen MR) is 173 cm³/mol. The first-order valence-corrected chi connectivity index (χ1v) is 16.4. The highest BCUT2D eigenvalue weighted by Crippen LogP contribution is 2.39. The molecule has 1 aromatic heterocycles. The summed E-state index contributed by atoms with van der Waals surface area (Å²) in [7, 11) is 2.04. The van der Waals surface area contributed by atoms with E-state index in [1.165, 1.54) is 7.11 Å². The van der Waals surface area contributed by atoms with Crippen molar-refractivity contribution >= 4 is 27.3 Å². The first-order valence-electron chi connectivity index (χ1n) is 14.5. The normalized spacial score (nSPS) is 17.5. The highest BCUT2D eigenvalue weighted by molar-refractivity contribution is 7.92. The number of nitrogens with zero attached hydrogens (tertiary/aromatic N) is 4. The number of ether oxygens (including phenoxy) is 2. The lowest BCUT2D eigenvalue weighted by atomic mass is 9.86. The number of anilines is 2. The van der Waals surface area contributed by atoms with E-state index >= 15 is 0 Å². The van der Waals surface area contributed by atoms with Crippen LogP contribution in [0.25, 0.3) is 0 Å². The summed E-state index contributed by atoms with van der Waals surface area (Å²) < 4.78 is 38.4. The van der Waals surface area contributed by atoms with Gasteiger partial charge in [-0.05, 0) is 75.2 Å². The van der Waals surface area contributed by atoms with E-state index in [0.717, 1.165) is 36.9 Å². The molecule has 11 nitrogen and oxygen atoms in total. The molecule has 1 atom stereocenters. The van der Waals surface area contributed by atoms with Gasteiger partial charge in [0.05, 0.1) is 31.3 Å². The Kier molecular flexibility index (Phi) is 9.57. The van der Waals surface area contributed by atoms with E-state index in [4.69, 9.17) is 9.47 Å². The Balaban J connectivity index is 1.56. The first-order chi connectivity index (χ1) is 20.5. The zero-order valence-corrected chi connectivity index (χ0v) is 27.9. The monoisotopic (exact) mass is 624 g/mol. The molecule has 44 heavy (non-hydrogen) atoms. The number of nitrogens with one attached hydrogen (secondary N) is 2. The lowest BCUT2D eigenvalue weighted by molar-refractivity contribution is 0.102. The Labute approximate surface area is 261 Å². The molecule has 238 valence electrons. The zero-order valence-electron chi connectivity index (χ0n) is 27.1. The quantitative estimate of drug-likeness (QED) is 0.319. The summed E-state index contributed by atoms with van der Waals surface area (Å²) in [4.78, 5) is 27.2. The Bertz CT molecular complexity index is 1640. The fourth-order valence-electron chi connectivity index (χ4n) is 5.06. The minimum atomic E-state index is -3.60. The van der Waals surface area contributed by atoms with Crippen molar-refractivity contribution in [2.75, 3.05) is 50.6 Å². The Morgan fingerprint density at radius 1 is 1.14 bits per heavy atom. The molecular formula is C32H44N6O5S. The van der Waals surface area contributed by atoms with E-state index in [2.05, 4.69) is 50.8 Å². The number of likely N-dealkylation sites (tertiary alicyclic amines) is 1. The predicted octanol–water partition coefficient (Wildman–Crippen LogP) is 5.03. The molecule has 1 unspecified atom stereocenters. The molecule has 1 saturated heterocycles. The highest BCUT2D eigenvalue weighted by Gasteiger charge is 2.35. The summed E-state index contributed by atoms with van der Waals surface area (Å²) >= 11 is 0. The molecule has 1 amide bonds. The third-order valence-corrected chi connectivity index (χ3v) is 8.61. The van der Waals surface area contributed by atoms with Crippen LogP contribution in [0.15, 0.2) is 42.6 Å². The maximum atomic E-state index is 13.5. The molecule has 0 spiro atoms. The van der Waals surface area contributed by atoms with Gasteiger partial charge < -0.3 is 19.7 Å². The second kappa shape index (κ2) is 12.7. The van der Waals surface area contributed by atoms with Crippen molar-refractivity contribution in [3.8, 4) is 17.4 Å². The summed E-state index contributed by atoms with van der Waals surface area (Å²) in [5.74, 6) is 1.34. The number of aryl methyl sites for hydroxylation is 1. The van der Waals surface area contributed by atoms with Gasteiger partial charge in [-0.3, -0.25) is 14.4 Å². The van der Waals surface area contributed by atoms with Gasteiger partial charge in [0.15, 0.2) is 5.75 Å². The number of amides is 1. The fraction of sp³-hybridized carbons (Fsp3) is 0.469. The van der Waals surface area contributed by atoms with E-state index in [1.807, 2.05) is 27.7 Å². The summed E-state index contributed by atoms with van der Waals surface area (Å²) in [6.07, 6.45) is 3.82. The molecule has 1 aliphatic heterocycles. The molecule has 4 rings (SSSR count). The molecule has 2 heterocycles. The van der Waals surface area contributed by atoms with Gasteiger partial charge in [-0.1, -0.05) is 26.8 Å². The van der Waals surface area contributed by atoms with Crippen LogP contribution in [-0.2, 0) is 22.0 Å². The number of benzene rings is 2. The molecule has 2 N–H and O–H groups in total. The van der Waals surface area contributed by atoms with Gasteiger partial charge >= 0.3 is 0 Å². The van der Waals surface area contributed by atoms with Crippen molar-refractivity contribution in [1.82, 2.24) is 19.8 Å². The zero-order chi connectivity index (χ0) is 32.4. The van der Waals surface area contributed by atoms with Crippen LogP contribution in [0.5, 0.6) is 17.4 Å². The second-order valence-corrected chi connectivity index (χ2v) is 14.7. The third kappa shape index (κ3) is 8.04. The van der Waals surface area contributed by atoms with E-state index in [-0.39, 0.29) is 22.4 Å². The minimum Gasteiger partial charge on any atom is -0.492 e. The number of carbonyl (C=O) groups is 1. The van der Waals surface area contributed by atoms with Crippen molar-refractivity contribution < 1.29 is 22.7 Å². The Hall–Kier alpha value is -3.74. The van der Waals surface area contributed by atoms with Gasteiger partial charge in [-0.25, -0.2) is 13.4 Å². The maximum Gasteiger partial charge on any atom is 0.255 e. The van der Waals surface area contributed by atoms with Crippen LogP contribution in [0.1, 0.15) is 61.4 Å². The number of carbonyl (C=O) groups excluding carboxylic acids is 1. The fourth-order valence-corrected chi connectivity index (χ4v) is 5.61. The number of methoxy groups -OCH3 is 1. The van der Waals surface area contributed by atoms with Gasteiger partial charge in [-0.15, -0.1) is 0 Å². The number of hydrogen-bond donors (Lipinski definition) is 2. The van der Waals surface area contributed by atoms with Crippen LogP contribution in [0.4, 0.5) is 11.4 Å². The van der Waals surface area contributed by atoms with Crippen LogP contribution in [0.2, 0.25) is 0 Å². The molecule has 0 aliphatic carbocycles. The number of sulfonamides is 1. The SMILES string of the molecule is COc1c(NC(=O)c2ccc(C)c(Oc3ccnc(CN4CCC(C)(N(C)C)C4)n3)c2)cc(C(C)(C)C)cc1NS(C)(=O)=O. The third-order valence-electron chi connectivity index (χ3n) is 8.02. The van der Waals surface area contributed by atoms with Gasteiger partial charge in [0.1, 0.15) is 11.6 Å². The molecular weight excluding hydrogens is 580 g/mol. The lowest BCUT2D eigenvalue weighted by Gasteiger charge is -2.32. The van der Waals surface area contributed by atoms with Gasteiger partial charge in [-0.2, -0.15) is 4.98 Å². The van der Waals surface area contributed by atoms with Crippen LogP contribution >= 0.6 is 0 Å². The average Bonchev–Trinajstić information content (AvgIpc) is 3.30. The van der Waals surface area contributed by atoms with Crippen LogP contribution < -0.4 is 19.5 Å². The van der Waals surface area contributed by atoms with Crippen LogP contribution in [0.3, 0.4) is 0 Å². The molecule has 0 bridgehead atoms. The summed E-state index contributed by atoms with van der Waals surface area (Å²) in [6.45, 7) is 12.7. The minimum absolute atomic E-state index is 0.121. The maximum absolute atomic E-state index is 13.5. The van der Waals surface area contributed by atoms with E-state index in [1.54, 1.807) is 42.6 Å². The molecule has 1 fully saturated rings. The number of hydrogen-bond acceptors (Lipinski definition) is 9. The van der Waals surface area contributed by atoms with Crippen LogP contribution in [-0.4, -0.2) is 80.2 Å². The van der Waals surface area contributed by atoms with E-state index in [0.29, 0.717) is 35.2 Å². The molecule has 3 aromatic rings. The van der Waals surface area contributed by atoms with Crippen molar-refractivity contribution in [1.29, 1.82) is 0 Å². The smallest absolute Gasteiger partial charge is 0.255 e. The van der Waals surface area contributed by atoms with Crippen LogP contribution in [0, 0.1) is 6.92 Å². The lowest BCUT2D eigenvalue weighted by Crippen LogP contribution is -2.43. The number of aromatic nitrogens is 2. The molecule has 12 heteroatoms. The topological polar surface area (TPSA) is 126 Å². The molecule has 0 saturated carbocycles. The van der Waals surface area contributed by atoms with Crippen molar-refractivity contribution in [3.05, 3.63) is 65.1 Å².